The lowest BCUT2D eigenvalue weighted by atomic mass is 10.0. The summed E-state index contributed by atoms with van der Waals surface area (Å²) in [6.45, 7) is 7.32. The number of unbranched alkanes of at least 4 members (excludes halogenated alkanes) is 5. The Balaban J connectivity index is 1.58. The van der Waals surface area contributed by atoms with E-state index >= 15 is 0 Å². The Bertz CT molecular complexity index is 1020. The number of ether oxygens (including phenoxy) is 2. The van der Waals surface area contributed by atoms with Gasteiger partial charge in [-0.25, -0.2) is 4.79 Å². The number of hydrogen-bond acceptors (Lipinski definition) is 3. The number of hydrogen-bond donors (Lipinski definition) is 0. The molecule has 1 unspecified atom stereocenters. The molecular formula is C32H40O3. The molecule has 3 heteroatoms. The van der Waals surface area contributed by atoms with Crippen molar-refractivity contribution in [3.05, 3.63) is 89.5 Å². The van der Waals surface area contributed by atoms with Gasteiger partial charge in [-0.2, -0.15) is 0 Å². The van der Waals surface area contributed by atoms with Gasteiger partial charge in [0.05, 0.1) is 11.7 Å². The molecule has 0 heterocycles. The predicted molar refractivity (Wildman–Crippen MR) is 145 cm³/mol. The summed E-state index contributed by atoms with van der Waals surface area (Å²) in [4.78, 5) is 12.8. The third-order valence-corrected chi connectivity index (χ3v) is 6.42. The van der Waals surface area contributed by atoms with Crippen molar-refractivity contribution in [3.8, 4) is 16.9 Å². The normalized spacial score (nSPS) is 11.9. The fourth-order valence-electron chi connectivity index (χ4n) is 4.16. The summed E-state index contributed by atoms with van der Waals surface area (Å²) in [7, 11) is 0. The maximum absolute atomic E-state index is 12.8. The second-order valence-corrected chi connectivity index (χ2v) is 9.23. The van der Waals surface area contributed by atoms with Crippen LogP contribution in [0.15, 0.2) is 72.8 Å². The number of benzene rings is 3. The van der Waals surface area contributed by atoms with Gasteiger partial charge in [0.2, 0.25) is 0 Å². The molecule has 3 nitrogen and oxygen atoms in total. The van der Waals surface area contributed by atoms with Crippen LogP contribution in [0.2, 0.25) is 0 Å². The van der Waals surface area contributed by atoms with Crippen LogP contribution in [0.25, 0.3) is 11.1 Å². The Morgan fingerprint density at radius 2 is 1.37 bits per heavy atom. The lowest BCUT2D eigenvalue weighted by molar-refractivity contribution is 0.0630. The van der Waals surface area contributed by atoms with E-state index in [-0.39, 0.29) is 12.1 Å². The smallest absolute Gasteiger partial charge is 0.343 e. The summed E-state index contributed by atoms with van der Waals surface area (Å²) >= 11 is 0. The molecule has 3 rings (SSSR count). The number of para-hydroxylation sites is 1. The molecule has 0 aromatic heterocycles. The van der Waals surface area contributed by atoms with Crippen molar-refractivity contribution in [3.63, 3.8) is 0 Å². The van der Waals surface area contributed by atoms with Crippen LogP contribution in [0, 0.1) is 0 Å². The Morgan fingerprint density at radius 3 is 2.06 bits per heavy atom. The van der Waals surface area contributed by atoms with Gasteiger partial charge in [-0.3, -0.25) is 0 Å². The van der Waals surface area contributed by atoms with Crippen molar-refractivity contribution in [2.75, 3.05) is 6.61 Å². The Morgan fingerprint density at radius 1 is 0.743 bits per heavy atom. The fourth-order valence-corrected chi connectivity index (χ4v) is 4.16. The van der Waals surface area contributed by atoms with Gasteiger partial charge in [-0.1, -0.05) is 101 Å². The van der Waals surface area contributed by atoms with E-state index in [1.807, 2.05) is 42.5 Å². The zero-order valence-electron chi connectivity index (χ0n) is 21.6. The van der Waals surface area contributed by atoms with Crippen LogP contribution in [0.5, 0.6) is 5.75 Å². The zero-order chi connectivity index (χ0) is 24.9. The molecule has 0 saturated carbocycles. The number of carbonyl (C=O) groups excluding carboxylic acids is 1. The highest BCUT2D eigenvalue weighted by Gasteiger charge is 2.12. The molecule has 0 fully saturated rings. The van der Waals surface area contributed by atoms with E-state index in [9.17, 15) is 4.79 Å². The summed E-state index contributed by atoms with van der Waals surface area (Å²) in [5, 5.41) is 0. The molecule has 3 aromatic carbocycles. The van der Waals surface area contributed by atoms with Crippen LogP contribution in [0.4, 0.5) is 0 Å². The number of aryl methyl sites for hydroxylation is 1. The van der Waals surface area contributed by atoms with Crippen LogP contribution >= 0.6 is 0 Å². The van der Waals surface area contributed by atoms with Crippen molar-refractivity contribution >= 4 is 5.97 Å². The van der Waals surface area contributed by atoms with Crippen molar-refractivity contribution in [1.29, 1.82) is 0 Å². The molecule has 3 aromatic rings. The average Bonchev–Trinajstić information content (AvgIpc) is 2.90. The third kappa shape index (κ3) is 8.36. The highest BCUT2D eigenvalue weighted by Crippen LogP contribution is 2.25. The minimum absolute atomic E-state index is 0.0903. The van der Waals surface area contributed by atoms with Crippen LogP contribution in [-0.2, 0) is 11.2 Å². The molecule has 0 saturated heterocycles. The lowest BCUT2D eigenvalue weighted by Crippen LogP contribution is -2.09. The predicted octanol–water partition coefficient (Wildman–Crippen LogP) is 8.96. The van der Waals surface area contributed by atoms with Gasteiger partial charge in [0.1, 0.15) is 5.75 Å². The van der Waals surface area contributed by atoms with E-state index < -0.39 is 0 Å². The molecule has 1 atom stereocenters. The van der Waals surface area contributed by atoms with Crippen molar-refractivity contribution in [2.45, 2.75) is 78.2 Å². The van der Waals surface area contributed by atoms with Gasteiger partial charge in [0.25, 0.3) is 0 Å². The molecular weight excluding hydrogens is 432 g/mol. The summed E-state index contributed by atoms with van der Waals surface area (Å²) in [6.07, 6.45) is 9.31. The number of rotatable bonds is 14. The summed E-state index contributed by atoms with van der Waals surface area (Å²) < 4.78 is 11.7. The van der Waals surface area contributed by atoms with Crippen LogP contribution in [-0.4, -0.2) is 12.6 Å². The molecule has 0 spiro atoms. The van der Waals surface area contributed by atoms with Crippen LogP contribution < -0.4 is 4.74 Å². The molecule has 0 bridgehead atoms. The molecule has 0 aliphatic rings. The first-order valence-electron chi connectivity index (χ1n) is 13.2. The minimum Gasteiger partial charge on any atom is -0.423 e. The van der Waals surface area contributed by atoms with Crippen LogP contribution in [0.3, 0.4) is 0 Å². The number of esters is 1. The Hall–Kier alpha value is -2.91. The quantitative estimate of drug-likeness (QED) is 0.133. The molecule has 0 aliphatic heterocycles. The average molecular weight is 473 g/mol. The zero-order valence-corrected chi connectivity index (χ0v) is 21.6. The van der Waals surface area contributed by atoms with Crippen molar-refractivity contribution < 1.29 is 14.3 Å². The van der Waals surface area contributed by atoms with Gasteiger partial charge < -0.3 is 9.47 Å². The van der Waals surface area contributed by atoms with Crippen LogP contribution in [0.1, 0.15) is 93.3 Å². The molecule has 186 valence electrons. The van der Waals surface area contributed by atoms with Gasteiger partial charge >= 0.3 is 5.97 Å². The third-order valence-electron chi connectivity index (χ3n) is 6.42. The fraction of sp³-hybridized carbons (Fsp3) is 0.406. The SMILES string of the molecule is CCCCCCc1ccccc1OC(=O)c1ccc(-c2ccc(C(C)OCCCCC)cc2)cc1. The monoisotopic (exact) mass is 472 g/mol. The lowest BCUT2D eigenvalue weighted by Gasteiger charge is -2.14. The second kappa shape index (κ2) is 14.5. The Labute approximate surface area is 211 Å². The first kappa shape index (κ1) is 26.7. The maximum atomic E-state index is 12.8. The largest absolute Gasteiger partial charge is 0.423 e. The summed E-state index contributed by atoms with van der Waals surface area (Å²) in [5.74, 6) is 0.349. The van der Waals surface area contributed by atoms with Gasteiger partial charge in [0.15, 0.2) is 0 Å². The molecule has 0 aliphatic carbocycles. The summed E-state index contributed by atoms with van der Waals surface area (Å²) in [5.41, 5.74) is 5.02. The molecule has 35 heavy (non-hydrogen) atoms. The molecule has 0 amide bonds. The van der Waals surface area contributed by atoms with Gasteiger partial charge in [-0.05, 0) is 66.6 Å². The van der Waals surface area contributed by atoms with E-state index in [0.717, 1.165) is 42.6 Å². The number of carbonyl (C=O) groups is 1. The van der Waals surface area contributed by atoms with E-state index in [1.165, 1.54) is 37.7 Å². The summed E-state index contributed by atoms with van der Waals surface area (Å²) in [6, 6.07) is 24.0. The topological polar surface area (TPSA) is 35.5 Å². The molecule has 0 radical (unpaired) electrons. The molecule has 0 N–H and O–H groups in total. The second-order valence-electron chi connectivity index (χ2n) is 9.23. The first-order chi connectivity index (χ1) is 17.1. The minimum atomic E-state index is -0.318. The first-order valence-corrected chi connectivity index (χ1v) is 13.2. The van der Waals surface area contributed by atoms with Gasteiger partial charge in [-0.15, -0.1) is 0 Å². The van der Waals surface area contributed by atoms with Crippen molar-refractivity contribution in [1.82, 2.24) is 0 Å². The van der Waals surface area contributed by atoms with E-state index in [1.54, 1.807) is 0 Å². The van der Waals surface area contributed by atoms with Gasteiger partial charge in [0, 0.05) is 6.61 Å². The highest BCUT2D eigenvalue weighted by molar-refractivity contribution is 5.91. The van der Waals surface area contributed by atoms with E-state index in [2.05, 4.69) is 51.1 Å². The maximum Gasteiger partial charge on any atom is 0.343 e. The Kier molecular flexibility index (Phi) is 11.0. The standard InChI is InChI=1S/C32H40O3/c1-4-6-8-9-13-29-14-10-11-15-31(29)35-32(33)30-22-20-28(21-23-30)27-18-16-26(17-19-27)25(3)34-24-12-7-5-2/h10-11,14-23,25H,4-9,12-13,24H2,1-3H3. The van der Waals surface area contributed by atoms with Crippen molar-refractivity contribution in [2.24, 2.45) is 0 Å². The van der Waals surface area contributed by atoms with E-state index in [0.29, 0.717) is 11.3 Å². The highest BCUT2D eigenvalue weighted by atomic mass is 16.5. The van der Waals surface area contributed by atoms with E-state index in [4.69, 9.17) is 9.47 Å².